The molecule has 5 heteroatoms. The van der Waals surface area contributed by atoms with E-state index in [2.05, 4.69) is 29.6 Å². The van der Waals surface area contributed by atoms with Gasteiger partial charge in [0.25, 0.3) is 10.1 Å². The van der Waals surface area contributed by atoms with Gasteiger partial charge in [-0.25, -0.2) is 0 Å². The molecule has 0 saturated carbocycles. The van der Waals surface area contributed by atoms with Gasteiger partial charge in [0, 0.05) is 5.41 Å². The van der Waals surface area contributed by atoms with E-state index < -0.39 is 16.2 Å². The lowest BCUT2D eigenvalue weighted by molar-refractivity contribution is 0.112. The first-order valence-corrected chi connectivity index (χ1v) is 10.4. The van der Waals surface area contributed by atoms with Crippen molar-refractivity contribution in [1.29, 1.82) is 0 Å². The molecular weight excluding hydrogens is 334 g/mol. The van der Waals surface area contributed by atoms with Gasteiger partial charge in [-0.3, -0.25) is 4.18 Å². The fourth-order valence-electron chi connectivity index (χ4n) is 3.69. The van der Waals surface area contributed by atoms with E-state index in [1.807, 2.05) is 44.2 Å². The zero-order valence-electron chi connectivity index (χ0n) is 14.9. The van der Waals surface area contributed by atoms with Crippen LogP contribution >= 0.6 is 0 Å². The van der Waals surface area contributed by atoms with Crippen molar-refractivity contribution in [1.82, 2.24) is 5.32 Å². The molecule has 25 heavy (non-hydrogen) atoms. The van der Waals surface area contributed by atoms with Crippen LogP contribution in [0.3, 0.4) is 0 Å². The Balaban J connectivity index is 1.83. The van der Waals surface area contributed by atoms with Crippen LogP contribution in [0.25, 0.3) is 0 Å². The fraction of sp³-hybridized carbons (Fsp3) is 0.400. The van der Waals surface area contributed by atoms with Gasteiger partial charge in [-0.05, 0) is 29.7 Å². The Bertz CT molecular complexity index is 831. The molecule has 0 amide bonds. The number of hydrogen-bond acceptors (Lipinski definition) is 4. The van der Waals surface area contributed by atoms with Gasteiger partial charge in [0.15, 0.2) is 0 Å². The smallest absolute Gasteiger partial charge is 0.264 e. The minimum atomic E-state index is -3.55. The predicted octanol–water partition coefficient (Wildman–Crippen LogP) is 3.20. The lowest BCUT2D eigenvalue weighted by Gasteiger charge is -2.30. The highest BCUT2D eigenvalue weighted by Crippen LogP contribution is 2.46. The zero-order chi connectivity index (χ0) is 18.1. The van der Waals surface area contributed by atoms with Gasteiger partial charge in [0.05, 0.1) is 12.3 Å². The van der Waals surface area contributed by atoms with E-state index in [1.54, 1.807) is 0 Å². The molecule has 1 aliphatic carbocycles. The van der Waals surface area contributed by atoms with Crippen molar-refractivity contribution in [2.75, 3.05) is 12.8 Å². The summed E-state index contributed by atoms with van der Waals surface area (Å²) in [6, 6.07) is 18.2. The molecule has 0 bridgehead atoms. The maximum atomic E-state index is 11.8. The highest BCUT2D eigenvalue weighted by atomic mass is 32.2. The minimum absolute atomic E-state index is 0.148. The molecule has 0 heterocycles. The van der Waals surface area contributed by atoms with Crippen LogP contribution in [-0.4, -0.2) is 27.3 Å². The summed E-state index contributed by atoms with van der Waals surface area (Å²) in [6.45, 7) is 4.84. The summed E-state index contributed by atoms with van der Waals surface area (Å²) in [5, 5.41) is 3.53. The largest absolute Gasteiger partial charge is 0.307 e. The van der Waals surface area contributed by atoms with E-state index in [-0.39, 0.29) is 11.5 Å². The van der Waals surface area contributed by atoms with Gasteiger partial charge in [0.1, 0.15) is 6.10 Å². The SMILES string of the molecule is CC1(C)c2ccccc2C(NCCc2ccccc2)C1OS(C)(=O)=O. The number of rotatable bonds is 6. The maximum Gasteiger partial charge on any atom is 0.264 e. The van der Waals surface area contributed by atoms with Crippen LogP contribution in [0.4, 0.5) is 0 Å². The van der Waals surface area contributed by atoms with E-state index >= 15 is 0 Å². The quantitative estimate of drug-likeness (QED) is 0.805. The van der Waals surface area contributed by atoms with Crippen LogP contribution in [0.1, 0.15) is 36.6 Å². The van der Waals surface area contributed by atoms with E-state index in [0.29, 0.717) is 0 Å². The molecular formula is C20H25NO3S. The van der Waals surface area contributed by atoms with E-state index in [4.69, 9.17) is 4.18 Å². The van der Waals surface area contributed by atoms with Gasteiger partial charge < -0.3 is 5.32 Å². The second-order valence-corrected chi connectivity index (χ2v) is 8.80. The Morgan fingerprint density at radius 2 is 1.68 bits per heavy atom. The van der Waals surface area contributed by atoms with Crippen LogP contribution < -0.4 is 5.32 Å². The minimum Gasteiger partial charge on any atom is -0.307 e. The van der Waals surface area contributed by atoms with Crippen molar-refractivity contribution in [3.05, 3.63) is 71.3 Å². The molecule has 0 saturated heterocycles. The standard InChI is InChI=1S/C20H25NO3S/c1-20(2)17-12-8-7-11-16(17)18(19(20)24-25(3,22)23)21-14-13-15-9-5-4-6-10-15/h4-12,18-19,21H,13-14H2,1-3H3. The summed E-state index contributed by atoms with van der Waals surface area (Å²) in [6.07, 6.45) is 1.54. The van der Waals surface area contributed by atoms with Crippen molar-refractivity contribution in [3.8, 4) is 0 Å². The third-order valence-corrected chi connectivity index (χ3v) is 5.46. The average molecular weight is 359 g/mol. The molecule has 2 aromatic carbocycles. The molecule has 4 nitrogen and oxygen atoms in total. The monoisotopic (exact) mass is 359 g/mol. The van der Waals surface area contributed by atoms with Crippen molar-refractivity contribution in [3.63, 3.8) is 0 Å². The predicted molar refractivity (Wildman–Crippen MR) is 100 cm³/mol. The van der Waals surface area contributed by atoms with Crippen LogP contribution in [0.2, 0.25) is 0 Å². The molecule has 3 rings (SSSR count). The normalized spacial score (nSPS) is 21.9. The first-order chi connectivity index (χ1) is 11.8. The second kappa shape index (κ2) is 6.90. The molecule has 2 aromatic rings. The Hall–Kier alpha value is -1.69. The lowest BCUT2D eigenvalue weighted by atomic mass is 9.84. The fourth-order valence-corrected chi connectivity index (χ4v) is 4.41. The molecule has 1 N–H and O–H groups in total. The molecule has 2 unspecified atom stereocenters. The molecule has 0 aromatic heterocycles. The Labute approximate surface area is 150 Å². The van der Waals surface area contributed by atoms with Crippen LogP contribution in [0.15, 0.2) is 54.6 Å². The van der Waals surface area contributed by atoms with Crippen LogP contribution in [0.5, 0.6) is 0 Å². The van der Waals surface area contributed by atoms with Gasteiger partial charge in [-0.15, -0.1) is 0 Å². The first-order valence-electron chi connectivity index (χ1n) is 8.54. The first kappa shape index (κ1) is 18.1. The summed E-state index contributed by atoms with van der Waals surface area (Å²) >= 11 is 0. The maximum absolute atomic E-state index is 11.8. The topological polar surface area (TPSA) is 55.4 Å². The van der Waals surface area contributed by atoms with Crippen LogP contribution in [-0.2, 0) is 26.1 Å². The summed E-state index contributed by atoms with van der Waals surface area (Å²) in [5.41, 5.74) is 3.13. The molecule has 2 atom stereocenters. The zero-order valence-corrected chi connectivity index (χ0v) is 15.7. The number of nitrogens with one attached hydrogen (secondary N) is 1. The molecule has 0 radical (unpaired) electrons. The van der Waals surface area contributed by atoms with Crippen molar-refractivity contribution < 1.29 is 12.6 Å². The highest BCUT2D eigenvalue weighted by Gasteiger charge is 2.48. The number of benzene rings is 2. The van der Waals surface area contributed by atoms with Gasteiger partial charge in [0.2, 0.25) is 0 Å². The van der Waals surface area contributed by atoms with Crippen molar-refractivity contribution >= 4 is 10.1 Å². The summed E-state index contributed by atoms with van der Waals surface area (Å²) in [7, 11) is -3.55. The average Bonchev–Trinajstić information content (AvgIpc) is 2.76. The Morgan fingerprint density at radius 3 is 2.36 bits per heavy atom. The highest BCUT2D eigenvalue weighted by molar-refractivity contribution is 7.86. The summed E-state index contributed by atoms with van der Waals surface area (Å²) < 4.78 is 29.2. The van der Waals surface area contributed by atoms with Gasteiger partial charge in [-0.2, -0.15) is 8.42 Å². The van der Waals surface area contributed by atoms with E-state index in [0.717, 1.165) is 30.3 Å². The third-order valence-electron chi connectivity index (χ3n) is 4.90. The number of hydrogen-bond donors (Lipinski definition) is 1. The summed E-state index contributed by atoms with van der Waals surface area (Å²) in [4.78, 5) is 0. The Kier molecular flexibility index (Phi) is 5.00. The second-order valence-electron chi connectivity index (χ2n) is 7.20. The molecule has 0 aliphatic heterocycles. The van der Waals surface area contributed by atoms with Crippen LogP contribution in [0, 0.1) is 0 Å². The molecule has 0 fully saturated rings. The van der Waals surface area contributed by atoms with Crippen molar-refractivity contribution in [2.24, 2.45) is 0 Å². The van der Waals surface area contributed by atoms with Crippen molar-refractivity contribution in [2.45, 2.75) is 37.8 Å². The third kappa shape index (κ3) is 3.94. The lowest BCUT2D eigenvalue weighted by Crippen LogP contribution is -2.41. The number of fused-ring (bicyclic) bond motifs is 1. The van der Waals surface area contributed by atoms with Gasteiger partial charge in [-0.1, -0.05) is 68.4 Å². The molecule has 134 valence electrons. The Morgan fingerprint density at radius 1 is 1.04 bits per heavy atom. The molecule has 0 spiro atoms. The summed E-state index contributed by atoms with van der Waals surface area (Å²) in [5.74, 6) is 0. The van der Waals surface area contributed by atoms with E-state index in [9.17, 15) is 8.42 Å². The van der Waals surface area contributed by atoms with Gasteiger partial charge >= 0.3 is 0 Å². The van der Waals surface area contributed by atoms with E-state index in [1.165, 1.54) is 5.56 Å². The molecule has 1 aliphatic rings.